The highest BCUT2D eigenvalue weighted by molar-refractivity contribution is 6.01. The SMILES string of the molecule is CCOc1ccc(NC(=O)[C@H]2Cc3ccccc3CN2C(=O)c2cccc(Oc3ccccc3)c2)cc1. The number of fused-ring (bicyclic) bond motifs is 1. The third kappa shape index (κ3) is 5.64. The first kappa shape index (κ1) is 24.1. The summed E-state index contributed by atoms with van der Waals surface area (Å²) in [4.78, 5) is 28.9. The van der Waals surface area contributed by atoms with Crippen LogP contribution < -0.4 is 14.8 Å². The molecule has 0 radical (unpaired) electrons. The lowest BCUT2D eigenvalue weighted by Gasteiger charge is -2.36. The molecule has 2 amide bonds. The summed E-state index contributed by atoms with van der Waals surface area (Å²) in [6.45, 7) is 2.84. The molecule has 5 rings (SSSR count). The minimum absolute atomic E-state index is 0.222. The van der Waals surface area contributed by atoms with Crippen LogP contribution in [0, 0.1) is 0 Å². The van der Waals surface area contributed by atoms with E-state index in [9.17, 15) is 9.59 Å². The fourth-order valence-corrected chi connectivity index (χ4v) is 4.48. The van der Waals surface area contributed by atoms with E-state index in [0.717, 1.165) is 16.9 Å². The second-order valence-corrected chi connectivity index (χ2v) is 8.81. The first-order valence-electron chi connectivity index (χ1n) is 12.3. The number of hydrogen-bond donors (Lipinski definition) is 1. The van der Waals surface area contributed by atoms with Crippen molar-refractivity contribution in [1.29, 1.82) is 0 Å². The Morgan fingerprint density at radius 3 is 2.27 bits per heavy atom. The van der Waals surface area contributed by atoms with Crippen LogP contribution in [-0.2, 0) is 17.8 Å². The smallest absolute Gasteiger partial charge is 0.254 e. The number of carbonyl (C=O) groups is 2. The molecule has 1 heterocycles. The van der Waals surface area contributed by atoms with Gasteiger partial charge in [-0.15, -0.1) is 0 Å². The molecule has 1 atom stereocenters. The molecular weight excluding hydrogens is 464 g/mol. The van der Waals surface area contributed by atoms with Gasteiger partial charge in [-0.3, -0.25) is 9.59 Å². The van der Waals surface area contributed by atoms with Crippen molar-refractivity contribution in [2.45, 2.75) is 25.9 Å². The van der Waals surface area contributed by atoms with Crippen molar-refractivity contribution in [2.24, 2.45) is 0 Å². The third-order valence-corrected chi connectivity index (χ3v) is 6.30. The number of hydrogen-bond acceptors (Lipinski definition) is 4. The van der Waals surface area contributed by atoms with Gasteiger partial charge >= 0.3 is 0 Å². The number of benzene rings is 4. The first-order valence-corrected chi connectivity index (χ1v) is 12.3. The Kier molecular flexibility index (Phi) is 7.17. The molecule has 0 aromatic heterocycles. The van der Waals surface area contributed by atoms with Crippen LogP contribution in [0.4, 0.5) is 5.69 Å². The zero-order valence-electron chi connectivity index (χ0n) is 20.6. The van der Waals surface area contributed by atoms with Crippen LogP contribution in [0.25, 0.3) is 0 Å². The number of para-hydroxylation sites is 1. The number of nitrogens with zero attached hydrogens (tertiary/aromatic N) is 1. The van der Waals surface area contributed by atoms with Crippen molar-refractivity contribution < 1.29 is 19.1 Å². The molecule has 4 aromatic rings. The van der Waals surface area contributed by atoms with Crippen LogP contribution in [-0.4, -0.2) is 29.4 Å². The number of ether oxygens (including phenoxy) is 2. The molecule has 4 aromatic carbocycles. The largest absolute Gasteiger partial charge is 0.494 e. The summed E-state index contributed by atoms with van der Waals surface area (Å²) in [7, 11) is 0. The number of amides is 2. The van der Waals surface area contributed by atoms with Crippen molar-refractivity contribution in [3.05, 3.63) is 120 Å². The number of anilines is 1. The predicted molar refractivity (Wildman–Crippen MR) is 143 cm³/mol. The fraction of sp³-hybridized carbons (Fsp3) is 0.161. The molecule has 0 unspecified atom stereocenters. The van der Waals surface area contributed by atoms with Crippen LogP contribution in [0.2, 0.25) is 0 Å². The van der Waals surface area contributed by atoms with Crippen molar-refractivity contribution in [2.75, 3.05) is 11.9 Å². The maximum atomic E-state index is 13.8. The highest BCUT2D eigenvalue weighted by Gasteiger charge is 2.35. The summed E-state index contributed by atoms with van der Waals surface area (Å²) in [5.41, 5.74) is 3.22. The number of nitrogens with one attached hydrogen (secondary N) is 1. The highest BCUT2D eigenvalue weighted by Crippen LogP contribution is 2.28. The molecule has 0 spiro atoms. The van der Waals surface area contributed by atoms with E-state index in [2.05, 4.69) is 5.32 Å². The van der Waals surface area contributed by atoms with Crippen molar-refractivity contribution in [3.63, 3.8) is 0 Å². The summed E-state index contributed by atoms with van der Waals surface area (Å²) < 4.78 is 11.4. The van der Waals surface area contributed by atoms with E-state index in [1.54, 1.807) is 35.2 Å². The Bertz CT molecular complexity index is 1390. The number of rotatable bonds is 7. The van der Waals surface area contributed by atoms with Crippen LogP contribution in [0.1, 0.15) is 28.4 Å². The molecule has 37 heavy (non-hydrogen) atoms. The van der Waals surface area contributed by atoms with Crippen molar-refractivity contribution >= 4 is 17.5 Å². The quantitative estimate of drug-likeness (QED) is 0.339. The van der Waals surface area contributed by atoms with Crippen LogP contribution in [0.3, 0.4) is 0 Å². The van der Waals surface area contributed by atoms with Gasteiger partial charge in [0.1, 0.15) is 23.3 Å². The normalized spacial score (nSPS) is 14.4. The molecule has 0 saturated carbocycles. The second kappa shape index (κ2) is 11.0. The zero-order chi connectivity index (χ0) is 25.6. The highest BCUT2D eigenvalue weighted by atomic mass is 16.5. The van der Waals surface area contributed by atoms with Gasteiger partial charge in [-0.1, -0.05) is 48.5 Å². The molecular formula is C31H28N2O4. The number of carbonyl (C=O) groups excluding carboxylic acids is 2. The average molecular weight is 493 g/mol. The maximum Gasteiger partial charge on any atom is 0.254 e. The molecule has 1 N–H and O–H groups in total. The Hall–Kier alpha value is -4.58. The van der Waals surface area contributed by atoms with Gasteiger partial charge in [0.15, 0.2) is 0 Å². The molecule has 1 aliphatic rings. The zero-order valence-corrected chi connectivity index (χ0v) is 20.6. The van der Waals surface area contributed by atoms with E-state index in [1.165, 1.54) is 0 Å². The lowest BCUT2D eigenvalue weighted by atomic mass is 9.92. The van der Waals surface area contributed by atoms with Gasteiger partial charge in [0.05, 0.1) is 6.61 Å². The van der Waals surface area contributed by atoms with Gasteiger partial charge in [0.25, 0.3) is 5.91 Å². The molecule has 0 bridgehead atoms. The summed E-state index contributed by atoms with van der Waals surface area (Å²) >= 11 is 0. The van der Waals surface area contributed by atoms with Gasteiger partial charge in [0, 0.05) is 24.2 Å². The van der Waals surface area contributed by atoms with Crippen LogP contribution >= 0.6 is 0 Å². The Labute approximate surface area is 216 Å². The Morgan fingerprint density at radius 1 is 0.811 bits per heavy atom. The average Bonchev–Trinajstić information content (AvgIpc) is 2.94. The van der Waals surface area contributed by atoms with E-state index in [1.807, 2.05) is 79.7 Å². The van der Waals surface area contributed by atoms with E-state index < -0.39 is 6.04 Å². The van der Waals surface area contributed by atoms with Gasteiger partial charge < -0.3 is 19.7 Å². The van der Waals surface area contributed by atoms with Gasteiger partial charge in [-0.2, -0.15) is 0 Å². The van der Waals surface area contributed by atoms with Gasteiger partial charge in [-0.25, -0.2) is 0 Å². The summed E-state index contributed by atoms with van der Waals surface area (Å²) in [6.07, 6.45) is 0.435. The molecule has 0 aliphatic carbocycles. The van der Waals surface area contributed by atoms with E-state index in [-0.39, 0.29) is 11.8 Å². The lowest BCUT2D eigenvalue weighted by molar-refractivity contribution is -0.121. The summed E-state index contributed by atoms with van der Waals surface area (Å²) in [5.74, 6) is 1.53. The maximum absolute atomic E-state index is 13.8. The van der Waals surface area contributed by atoms with Crippen molar-refractivity contribution in [3.8, 4) is 17.2 Å². The molecule has 186 valence electrons. The van der Waals surface area contributed by atoms with E-state index >= 15 is 0 Å². The fourth-order valence-electron chi connectivity index (χ4n) is 4.48. The molecule has 6 nitrogen and oxygen atoms in total. The van der Waals surface area contributed by atoms with Gasteiger partial charge in [0.2, 0.25) is 5.91 Å². The minimum atomic E-state index is -0.660. The third-order valence-electron chi connectivity index (χ3n) is 6.30. The molecule has 0 saturated heterocycles. The standard InChI is InChI=1S/C31H28N2O4/c1-2-36-26-17-15-25(16-18-26)32-30(34)29-20-22-9-6-7-10-24(22)21-33(29)31(35)23-11-8-14-28(19-23)37-27-12-4-3-5-13-27/h3-19,29H,2,20-21H2,1H3,(H,32,34)/t29-/m1/s1. The second-order valence-electron chi connectivity index (χ2n) is 8.81. The van der Waals surface area contributed by atoms with Crippen molar-refractivity contribution in [1.82, 2.24) is 4.90 Å². The summed E-state index contributed by atoms with van der Waals surface area (Å²) in [6, 6.07) is 31.0. The first-order chi connectivity index (χ1) is 18.1. The molecule has 6 heteroatoms. The molecule has 1 aliphatic heterocycles. The van der Waals surface area contributed by atoms with Crippen LogP contribution in [0.5, 0.6) is 17.2 Å². The van der Waals surface area contributed by atoms with Crippen LogP contribution in [0.15, 0.2) is 103 Å². The van der Waals surface area contributed by atoms with E-state index in [4.69, 9.17) is 9.47 Å². The lowest BCUT2D eigenvalue weighted by Crippen LogP contribution is -2.50. The molecule has 0 fully saturated rings. The summed E-state index contributed by atoms with van der Waals surface area (Å²) in [5, 5.41) is 2.98. The van der Waals surface area contributed by atoms with Gasteiger partial charge in [-0.05, 0) is 72.6 Å². The predicted octanol–water partition coefficient (Wildman–Crippen LogP) is 6.08. The van der Waals surface area contributed by atoms with E-state index in [0.29, 0.717) is 42.3 Å². The monoisotopic (exact) mass is 492 g/mol. The Balaban J connectivity index is 1.39. The topological polar surface area (TPSA) is 67.9 Å². The Morgan fingerprint density at radius 2 is 1.51 bits per heavy atom. The minimum Gasteiger partial charge on any atom is -0.494 e.